The van der Waals surface area contributed by atoms with E-state index in [9.17, 15) is 4.79 Å². The van der Waals surface area contributed by atoms with Crippen molar-refractivity contribution < 1.29 is 4.79 Å². The van der Waals surface area contributed by atoms with Gasteiger partial charge in [-0.15, -0.1) is 12.6 Å². The minimum Gasteiger partial charge on any atom is -0.339 e. The fraction of sp³-hybridized carbons (Fsp3) is 0.462. The number of nitrogens with zero attached hydrogens (tertiary/aromatic N) is 1. The third kappa shape index (κ3) is 3.19. The molecule has 0 saturated carbocycles. The van der Waals surface area contributed by atoms with Crippen LogP contribution in [0.25, 0.3) is 0 Å². The maximum absolute atomic E-state index is 12.2. The minimum atomic E-state index is 0.151. The van der Waals surface area contributed by atoms with Gasteiger partial charge in [0.1, 0.15) is 0 Å². The molecule has 2 nitrogen and oxygen atoms in total. The SMILES string of the molecule is CSC1CCN(C(=O)c2ccc(S)cc2)CC1. The van der Waals surface area contributed by atoms with E-state index in [0.717, 1.165) is 41.6 Å². The fourth-order valence-electron chi connectivity index (χ4n) is 2.08. The Labute approximate surface area is 112 Å². The molecule has 0 radical (unpaired) electrons. The highest BCUT2D eigenvalue weighted by atomic mass is 32.2. The quantitative estimate of drug-likeness (QED) is 0.831. The molecule has 2 rings (SSSR count). The van der Waals surface area contributed by atoms with Crippen molar-refractivity contribution in [3.8, 4) is 0 Å². The molecule has 0 atom stereocenters. The highest BCUT2D eigenvalue weighted by Crippen LogP contribution is 2.22. The van der Waals surface area contributed by atoms with Gasteiger partial charge in [0.05, 0.1) is 0 Å². The van der Waals surface area contributed by atoms with E-state index in [1.807, 2.05) is 40.9 Å². The maximum atomic E-state index is 12.2. The van der Waals surface area contributed by atoms with E-state index in [2.05, 4.69) is 18.9 Å². The predicted molar refractivity (Wildman–Crippen MR) is 76.1 cm³/mol. The number of thiol groups is 1. The first-order valence-corrected chi connectivity index (χ1v) is 7.55. The van der Waals surface area contributed by atoms with Crippen LogP contribution in [0.2, 0.25) is 0 Å². The average Bonchev–Trinajstić information content (AvgIpc) is 2.39. The Morgan fingerprint density at radius 3 is 2.41 bits per heavy atom. The van der Waals surface area contributed by atoms with E-state index in [4.69, 9.17) is 0 Å². The Bertz CT molecular complexity index is 383. The van der Waals surface area contributed by atoms with E-state index in [1.165, 1.54) is 0 Å². The van der Waals surface area contributed by atoms with Gasteiger partial charge in [0, 0.05) is 28.8 Å². The van der Waals surface area contributed by atoms with Crippen molar-refractivity contribution in [2.24, 2.45) is 0 Å². The van der Waals surface area contributed by atoms with Gasteiger partial charge in [-0.1, -0.05) is 0 Å². The van der Waals surface area contributed by atoms with E-state index in [-0.39, 0.29) is 5.91 Å². The summed E-state index contributed by atoms with van der Waals surface area (Å²) in [4.78, 5) is 15.1. The Balaban J connectivity index is 1.99. The number of carbonyl (C=O) groups is 1. The molecule has 1 aromatic rings. The zero-order chi connectivity index (χ0) is 12.3. The number of hydrogen-bond acceptors (Lipinski definition) is 3. The Morgan fingerprint density at radius 2 is 1.88 bits per heavy atom. The number of thioether (sulfide) groups is 1. The zero-order valence-corrected chi connectivity index (χ0v) is 11.6. The van der Waals surface area contributed by atoms with E-state index >= 15 is 0 Å². The van der Waals surface area contributed by atoms with Crippen molar-refractivity contribution in [3.05, 3.63) is 29.8 Å². The molecule has 0 unspecified atom stereocenters. The van der Waals surface area contributed by atoms with Crippen LogP contribution in [0.4, 0.5) is 0 Å². The van der Waals surface area contributed by atoms with Gasteiger partial charge in [-0.25, -0.2) is 0 Å². The second-order valence-electron chi connectivity index (χ2n) is 4.27. The number of piperidine rings is 1. The molecule has 0 spiro atoms. The van der Waals surface area contributed by atoms with Crippen LogP contribution in [-0.4, -0.2) is 35.4 Å². The Morgan fingerprint density at radius 1 is 1.29 bits per heavy atom. The summed E-state index contributed by atoms with van der Waals surface area (Å²) in [5, 5.41) is 0.721. The minimum absolute atomic E-state index is 0.151. The van der Waals surface area contributed by atoms with Gasteiger partial charge in [0.2, 0.25) is 0 Å². The summed E-state index contributed by atoms with van der Waals surface area (Å²) in [6.45, 7) is 1.76. The van der Waals surface area contributed by atoms with Gasteiger partial charge in [0.15, 0.2) is 0 Å². The largest absolute Gasteiger partial charge is 0.339 e. The van der Waals surface area contributed by atoms with Crippen LogP contribution in [-0.2, 0) is 0 Å². The Kier molecular flexibility index (Phi) is 4.40. The smallest absolute Gasteiger partial charge is 0.253 e. The van der Waals surface area contributed by atoms with Crippen molar-refractivity contribution in [2.45, 2.75) is 23.0 Å². The molecule has 1 aliphatic rings. The van der Waals surface area contributed by atoms with Crippen molar-refractivity contribution in [2.75, 3.05) is 19.3 Å². The standard InChI is InChI=1S/C13H17NOS2/c1-17-12-6-8-14(9-7-12)13(15)10-2-4-11(16)5-3-10/h2-5,12,16H,6-9H2,1H3. The van der Waals surface area contributed by atoms with Gasteiger partial charge < -0.3 is 4.90 Å². The summed E-state index contributed by atoms with van der Waals surface area (Å²) in [6, 6.07) is 7.44. The summed E-state index contributed by atoms with van der Waals surface area (Å²) >= 11 is 6.13. The monoisotopic (exact) mass is 267 g/mol. The van der Waals surface area contributed by atoms with Gasteiger partial charge in [-0.2, -0.15) is 11.8 Å². The average molecular weight is 267 g/mol. The van der Waals surface area contributed by atoms with Crippen molar-refractivity contribution >= 4 is 30.3 Å². The second-order valence-corrected chi connectivity index (χ2v) is 5.93. The molecule has 0 aromatic heterocycles. The molecule has 0 bridgehead atoms. The molecular formula is C13H17NOS2. The van der Waals surface area contributed by atoms with Crippen LogP contribution in [0, 0.1) is 0 Å². The van der Waals surface area contributed by atoms with Gasteiger partial charge in [-0.3, -0.25) is 4.79 Å². The third-order valence-corrected chi connectivity index (χ3v) is 4.61. The first-order chi connectivity index (χ1) is 8.20. The lowest BCUT2D eigenvalue weighted by molar-refractivity contribution is 0.0727. The zero-order valence-electron chi connectivity index (χ0n) is 9.93. The number of likely N-dealkylation sites (tertiary alicyclic amines) is 1. The summed E-state index contributed by atoms with van der Waals surface area (Å²) in [5.74, 6) is 0.151. The molecule has 92 valence electrons. The molecule has 4 heteroatoms. The molecule has 0 N–H and O–H groups in total. The molecule has 1 amide bonds. The molecular weight excluding hydrogens is 250 g/mol. The highest BCUT2D eigenvalue weighted by molar-refractivity contribution is 7.99. The first-order valence-electron chi connectivity index (χ1n) is 5.82. The van der Waals surface area contributed by atoms with Crippen LogP contribution >= 0.6 is 24.4 Å². The molecule has 1 aliphatic heterocycles. The fourth-order valence-corrected chi connectivity index (χ4v) is 2.91. The van der Waals surface area contributed by atoms with Crippen molar-refractivity contribution in [1.29, 1.82) is 0 Å². The summed E-state index contributed by atoms with van der Waals surface area (Å²) < 4.78 is 0. The molecule has 1 heterocycles. The topological polar surface area (TPSA) is 20.3 Å². The van der Waals surface area contributed by atoms with Crippen LogP contribution in [0.15, 0.2) is 29.2 Å². The maximum Gasteiger partial charge on any atom is 0.253 e. The molecule has 0 aliphatic carbocycles. The summed E-state index contributed by atoms with van der Waals surface area (Å²) in [6.07, 6.45) is 4.36. The number of amides is 1. The third-order valence-electron chi connectivity index (χ3n) is 3.18. The lowest BCUT2D eigenvalue weighted by Gasteiger charge is -2.31. The van der Waals surface area contributed by atoms with Crippen LogP contribution in [0.1, 0.15) is 23.2 Å². The Hall–Kier alpha value is -0.610. The van der Waals surface area contributed by atoms with Gasteiger partial charge in [0.25, 0.3) is 5.91 Å². The first kappa shape index (κ1) is 12.8. The highest BCUT2D eigenvalue weighted by Gasteiger charge is 2.22. The predicted octanol–water partition coefficient (Wildman–Crippen LogP) is 2.94. The van der Waals surface area contributed by atoms with Crippen molar-refractivity contribution in [3.63, 3.8) is 0 Å². The number of rotatable bonds is 2. The van der Waals surface area contributed by atoms with Crippen LogP contribution < -0.4 is 0 Å². The van der Waals surface area contributed by atoms with Gasteiger partial charge >= 0.3 is 0 Å². The lowest BCUT2D eigenvalue weighted by atomic mass is 10.1. The van der Waals surface area contributed by atoms with Crippen LogP contribution in [0.5, 0.6) is 0 Å². The number of benzene rings is 1. The van der Waals surface area contributed by atoms with E-state index in [0.29, 0.717) is 0 Å². The molecule has 1 saturated heterocycles. The number of carbonyl (C=O) groups excluding carboxylic acids is 1. The molecule has 17 heavy (non-hydrogen) atoms. The lowest BCUT2D eigenvalue weighted by Crippen LogP contribution is -2.39. The van der Waals surface area contributed by atoms with Crippen LogP contribution in [0.3, 0.4) is 0 Å². The van der Waals surface area contributed by atoms with Crippen molar-refractivity contribution in [1.82, 2.24) is 4.90 Å². The molecule has 1 aromatic carbocycles. The normalized spacial score (nSPS) is 17.2. The van der Waals surface area contributed by atoms with E-state index in [1.54, 1.807) is 0 Å². The van der Waals surface area contributed by atoms with E-state index < -0.39 is 0 Å². The second kappa shape index (κ2) is 5.83. The summed E-state index contributed by atoms with van der Waals surface area (Å²) in [7, 11) is 0. The van der Waals surface area contributed by atoms with Gasteiger partial charge in [-0.05, 0) is 43.4 Å². The molecule has 1 fully saturated rings. The summed E-state index contributed by atoms with van der Waals surface area (Å²) in [5.41, 5.74) is 0.769. The number of hydrogen-bond donors (Lipinski definition) is 1.